The Hall–Kier alpha value is -4.49. The summed E-state index contributed by atoms with van der Waals surface area (Å²) in [6.07, 6.45) is 6.70. The smallest absolute Gasteiger partial charge is 0.408 e. The minimum absolute atomic E-state index is 0.0198. The Bertz CT molecular complexity index is 1560. The van der Waals surface area contributed by atoms with Crippen molar-refractivity contribution >= 4 is 41.4 Å². The van der Waals surface area contributed by atoms with Crippen LogP contribution in [0.5, 0.6) is 0 Å². The predicted molar refractivity (Wildman–Crippen MR) is 206 cm³/mol. The lowest BCUT2D eigenvalue weighted by molar-refractivity contribution is -0.144. The molecule has 1 aromatic carbocycles. The Labute approximate surface area is 325 Å². The van der Waals surface area contributed by atoms with Crippen molar-refractivity contribution in [3.05, 3.63) is 35.9 Å². The number of nitrogens with one attached hydrogen (secondary N) is 4. The highest BCUT2D eigenvalue weighted by Crippen LogP contribution is 2.37. The van der Waals surface area contributed by atoms with Crippen LogP contribution in [0, 0.1) is 23.2 Å². The van der Waals surface area contributed by atoms with E-state index in [0.29, 0.717) is 18.5 Å². The molecule has 1 aliphatic heterocycles. The van der Waals surface area contributed by atoms with Crippen molar-refractivity contribution in [2.24, 2.45) is 28.9 Å². The number of alkyl carbamates (subject to hydrolysis) is 1. The van der Waals surface area contributed by atoms with Gasteiger partial charge in [-0.1, -0.05) is 83.2 Å². The summed E-state index contributed by atoms with van der Waals surface area (Å²) in [5.74, 6) is -4.42. The maximum absolute atomic E-state index is 14.6. The number of ketones is 1. The molecule has 1 saturated heterocycles. The molecule has 55 heavy (non-hydrogen) atoms. The van der Waals surface area contributed by atoms with Gasteiger partial charge in [0.05, 0.1) is 6.04 Å². The Morgan fingerprint density at radius 2 is 1.47 bits per heavy atom. The van der Waals surface area contributed by atoms with Crippen molar-refractivity contribution in [3.63, 3.8) is 0 Å². The summed E-state index contributed by atoms with van der Waals surface area (Å²) in [5.41, 5.74) is 5.13. The van der Waals surface area contributed by atoms with Crippen LogP contribution in [-0.2, 0) is 33.5 Å². The van der Waals surface area contributed by atoms with E-state index in [0.717, 1.165) is 51.4 Å². The van der Waals surface area contributed by atoms with Gasteiger partial charge in [-0.3, -0.25) is 28.8 Å². The van der Waals surface area contributed by atoms with Crippen LogP contribution in [-0.4, -0.2) is 82.6 Å². The number of carbonyl (C=O) groups is 7. The minimum Gasteiger partial charge on any atom is -0.444 e. The second-order valence-electron chi connectivity index (χ2n) is 17.9. The van der Waals surface area contributed by atoms with E-state index in [2.05, 4.69) is 42.0 Å². The van der Waals surface area contributed by atoms with Gasteiger partial charge in [-0.25, -0.2) is 4.79 Å². The van der Waals surface area contributed by atoms with Gasteiger partial charge >= 0.3 is 6.09 Å². The molecule has 3 aliphatic rings. The van der Waals surface area contributed by atoms with E-state index in [-0.39, 0.29) is 35.5 Å². The van der Waals surface area contributed by atoms with Crippen LogP contribution in [0.4, 0.5) is 4.79 Å². The molecule has 1 heterocycles. The Balaban J connectivity index is 1.51. The van der Waals surface area contributed by atoms with Gasteiger partial charge in [-0.2, -0.15) is 0 Å². The van der Waals surface area contributed by atoms with Gasteiger partial charge < -0.3 is 36.6 Å². The van der Waals surface area contributed by atoms with Crippen LogP contribution in [0.2, 0.25) is 0 Å². The molecular formula is C41H62N6O8. The van der Waals surface area contributed by atoms with E-state index in [9.17, 15) is 33.6 Å². The number of ether oxygens (including phenoxy) is 1. The van der Waals surface area contributed by atoms with Gasteiger partial charge in [0.1, 0.15) is 29.8 Å². The Morgan fingerprint density at radius 1 is 0.836 bits per heavy atom. The summed E-state index contributed by atoms with van der Waals surface area (Å²) in [6.45, 7) is 13.2. The molecule has 2 aliphatic carbocycles. The molecule has 4 rings (SSSR count). The zero-order valence-electron chi connectivity index (χ0n) is 33.6. The maximum Gasteiger partial charge on any atom is 0.408 e. The first-order valence-corrected chi connectivity index (χ1v) is 19.8. The molecular weight excluding hydrogens is 704 g/mol. The highest BCUT2D eigenvalue weighted by molar-refractivity contribution is 6.38. The number of Topliss-reactive ketones (excluding diaryl/α,β-unsaturated/α-hetero) is 1. The number of primary amides is 1. The van der Waals surface area contributed by atoms with Crippen LogP contribution in [0.15, 0.2) is 30.3 Å². The van der Waals surface area contributed by atoms with Gasteiger partial charge in [0.15, 0.2) is 0 Å². The third-order valence-electron chi connectivity index (χ3n) is 10.5. The molecule has 2 saturated carbocycles. The average molecular weight is 767 g/mol. The fourth-order valence-electron chi connectivity index (χ4n) is 7.80. The highest BCUT2D eigenvalue weighted by Gasteiger charge is 2.46. The second-order valence-corrected chi connectivity index (χ2v) is 17.9. The standard InChI is InChI=1S/C41H62N6O8/c1-24(35(50)45-31(34(42)49)27-14-10-8-11-15-27)43-37(52)33(48)29(20-25-18-19-25)44-36(51)30-21-26(22-40(2,3)4)23-47(30)38(53)32(28-16-12-9-13-17-28)46-39(54)55-41(5,6)7/h8,10-11,14-15,24-26,28-32H,9,12-13,16-23H2,1-7H3,(H2,42,49)(H,43,52)(H,44,51)(H,45,50)(H,46,54). The van der Waals surface area contributed by atoms with Gasteiger partial charge in [0.25, 0.3) is 5.91 Å². The van der Waals surface area contributed by atoms with Crippen molar-refractivity contribution in [3.8, 4) is 0 Å². The molecule has 0 aromatic heterocycles. The first-order valence-electron chi connectivity index (χ1n) is 19.8. The van der Waals surface area contributed by atoms with Crippen LogP contribution in [0.3, 0.4) is 0 Å². The molecule has 3 fully saturated rings. The van der Waals surface area contributed by atoms with Crippen molar-refractivity contribution < 1.29 is 38.3 Å². The molecule has 6 amide bonds. The topological polar surface area (TPSA) is 206 Å². The normalized spacial score (nSPS) is 21.3. The van der Waals surface area contributed by atoms with Crippen LogP contribution in [0.25, 0.3) is 0 Å². The summed E-state index contributed by atoms with van der Waals surface area (Å²) in [7, 11) is 0. The molecule has 304 valence electrons. The lowest BCUT2D eigenvalue weighted by atomic mass is 9.83. The number of hydrogen-bond donors (Lipinski definition) is 5. The van der Waals surface area contributed by atoms with Crippen molar-refractivity contribution in [2.75, 3.05) is 6.54 Å². The van der Waals surface area contributed by atoms with E-state index < -0.39 is 71.3 Å². The number of benzene rings is 1. The summed E-state index contributed by atoms with van der Waals surface area (Å²) < 4.78 is 5.55. The molecule has 1 aromatic rings. The van der Waals surface area contributed by atoms with Gasteiger partial charge in [-0.05, 0) is 88.5 Å². The van der Waals surface area contributed by atoms with Crippen LogP contribution in [0.1, 0.15) is 124 Å². The monoisotopic (exact) mass is 766 g/mol. The molecule has 6 unspecified atom stereocenters. The zero-order valence-corrected chi connectivity index (χ0v) is 33.6. The molecule has 0 radical (unpaired) electrons. The van der Waals surface area contributed by atoms with Crippen molar-refractivity contribution in [1.82, 2.24) is 26.2 Å². The molecule has 14 nitrogen and oxygen atoms in total. The van der Waals surface area contributed by atoms with E-state index in [4.69, 9.17) is 10.5 Å². The Kier molecular flexibility index (Phi) is 14.5. The largest absolute Gasteiger partial charge is 0.444 e. The molecule has 0 spiro atoms. The predicted octanol–water partition coefficient (Wildman–Crippen LogP) is 3.81. The number of nitrogens with zero attached hydrogens (tertiary/aromatic N) is 1. The molecule has 14 heteroatoms. The third kappa shape index (κ3) is 13.1. The maximum atomic E-state index is 14.6. The number of amides is 6. The zero-order chi connectivity index (χ0) is 40.7. The van der Waals surface area contributed by atoms with E-state index in [1.807, 2.05) is 0 Å². The van der Waals surface area contributed by atoms with E-state index in [1.54, 1.807) is 56.0 Å². The summed E-state index contributed by atoms with van der Waals surface area (Å²) in [6, 6.07) is 3.02. The van der Waals surface area contributed by atoms with Gasteiger partial charge in [-0.15, -0.1) is 0 Å². The lowest BCUT2D eigenvalue weighted by Crippen LogP contribution is -2.58. The third-order valence-corrected chi connectivity index (χ3v) is 10.5. The van der Waals surface area contributed by atoms with Gasteiger partial charge in [0, 0.05) is 6.54 Å². The van der Waals surface area contributed by atoms with E-state index >= 15 is 0 Å². The first kappa shape index (κ1) is 43.2. The average Bonchev–Trinajstić information content (AvgIpc) is 3.83. The summed E-state index contributed by atoms with van der Waals surface area (Å²) >= 11 is 0. The Morgan fingerprint density at radius 3 is 2.04 bits per heavy atom. The molecule has 0 bridgehead atoms. The van der Waals surface area contributed by atoms with Crippen LogP contribution < -0.4 is 27.0 Å². The number of rotatable bonds is 15. The SMILES string of the molecule is CC(NC(=O)C(=O)C(CC1CC1)NC(=O)C1CC(CC(C)(C)C)CN1C(=O)C(NC(=O)OC(C)(C)C)C1CCCCC1)C(=O)NC(C(N)=O)c1ccccc1. The van der Waals surface area contributed by atoms with Crippen LogP contribution >= 0.6 is 0 Å². The van der Waals surface area contributed by atoms with E-state index in [1.165, 1.54) is 6.92 Å². The fourth-order valence-corrected chi connectivity index (χ4v) is 7.80. The molecule has 6 N–H and O–H groups in total. The number of nitrogens with two attached hydrogens (primary N) is 1. The van der Waals surface area contributed by atoms with Crippen molar-refractivity contribution in [1.29, 1.82) is 0 Å². The highest BCUT2D eigenvalue weighted by atomic mass is 16.6. The van der Waals surface area contributed by atoms with Gasteiger partial charge in [0.2, 0.25) is 29.4 Å². The summed E-state index contributed by atoms with van der Waals surface area (Å²) in [4.78, 5) is 95.7. The number of likely N-dealkylation sites (tertiary alicyclic amines) is 1. The summed E-state index contributed by atoms with van der Waals surface area (Å²) in [5, 5.41) is 10.6. The molecule has 6 atom stereocenters. The number of hydrogen-bond acceptors (Lipinski definition) is 8. The number of carbonyl (C=O) groups excluding carboxylic acids is 7. The fraction of sp³-hybridized carbons (Fsp3) is 0.683. The lowest BCUT2D eigenvalue weighted by Gasteiger charge is -2.35. The van der Waals surface area contributed by atoms with Crippen molar-refractivity contribution in [2.45, 2.75) is 148 Å². The quantitative estimate of drug-likeness (QED) is 0.166. The minimum atomic E-state index is -1.21. The second kappa shape index (κ2) is 18.4. The first-order chi connectivity index (χ1) is 25.7.